The van der Waals surface area contributed by atoms with Gasteiger partial charge in [0, 0.05) is 37.0 Å². The first-order chi connectivity index (χ1) is 17.8. The molecule has 0 aliphatic carbocycles. The molecule has 0 bridgehead atoms. The van der Waals surface area contributed by atoms with Gasteiger partial charge >= 0.3 is 12.0 Å². The highest BCUT2D eigenvalue weighted by Crippen LogP contribution is 2.29. The van der Waals surface area contributed by atoms with Crippen molar-refractivity contribution in [2.24, 2.45) is 0 Å². The number of methoxy groups -OCH3 is 1. The van der Waals surface area contributed by atoms with Crippen LogP contribution in [0.2, 0.25) is 0 Å². The Labute approximate surface area is 213 Å². The molecule has 10 nitrogen and oxygen atoms in total. The van der Waals surface area contributed by atoms with E-state index in [1.807, 2.05) is 43.3 Å². The standard InChI is InChI=1S/C27H24N4O6/c1-30(2)20-9-8-17(24(13-20)36-16-19-7-5-4-6-18(19)14-28)12-22-25(32)31(27(34)29-22)15-21-10-11-23(37-21)26(33)35-3/h4-13H,15-16H2,1-3H3,(H,29,34)/b22-12-. The van der Waals surface area contributed by atoms with E-state index in [9.17, 15) is 19.6 Å². The van der Waals surface area contributed by atoms with Crippen LogP contribution in [0.5, 0.6) is 5.75 Å². The third kappa shape index (κ3) is 5.46. The van der Waals surface area contributed by atoms with Crippen molar-refractivity contribution in [3.63, 3.8) is 0 Å². The van der Waals surface area contributed by atoms with Gasteiger partial charge in [0.05, 0.1) is 25.3 Å². The molecule has 10 heteroatoms. The Kier molecular flexibility index (Phi) is 7.25. The zero-order valence-electron chi connectivity index (χ0n) is 20.5. The molecule has 1 saturated heterocycles. The van der Waals surface area contributed by atoms with Crippen molar-refractivity contribution in [1.29, 1.82) is 5.26 Å². The van der Waals surface area contributed by atoms with Gasteiger partial charge in [-0.1, -0.05) is 18.2 Å². The number of hydrogen-bond donors (Lipinski definition) is 1. The predicted molar refractivity (Wildman–Crippen MR) is 133 cm³/mol. The Morgan fingerprint density at radius 1 is 1.16 bits per heavy atom. The predicted octanol–water partition coefficient (Wildman–Crippen LogP) is 3.68. The lowest BCUT2D eigenvalue weighted by molar-refractivity contribution is -0.123. The summed E-state index contributed by atoms with van der Waals surface area (Å²) in [5, 5.41) is 11.9. The van der Waals surface area contributed by atoms with Gasteiger partial charge in [-0.2, -0.15) is 5.26 Å². The van der Waals surface area contributed by atoms with E-state index in [1.54, 1.807) is 18.2 Å². The average molecular weight is 501 g/mol. The number of anilines is 1. The Balaban J connectivity index is 1.58. The molecule has 0 unspecified atom stereocenters. The first-order valence-corrected chi connectivity index (χ1v) is 11.2. The van der Waals surface area contributed by atoms with Crippen molar-refractivity contribution in [2.75, 3.05) is 26.1 Å². The lowest BCUT2D eigenvalue weighted by atomic mass is 10.1. The van der Waals surface area contributed by atoms with Crippen molar-refractivity contribution in [2.45, 2.75) is 13.2 Å². The molecule has 0 atom stereocenters. The average Bonchev–Trinajstić information content (AvgIpc) is 3.48. The van der Waals surface area contributed by atoms with Gasteiger partial charge in [0.25, 0.3) is 5.91 Å². The molecule has 0 spiro atoms. The number of urea groups is 1. The second kappa shape index (κ2) is 10.7. The number of hydrogen-bond acceptors (Lipinski definition) is 8. The van der Waals surface area contributed by atoms with Gasteiger partial charge in [0.2, 0.25) is 5.76 Å². The van der Waals surface area contributed by atoms with Gasteiger partial charge in [-0.05, 0) is 36.4 Å². The fraction of sp³-hybridized carbons (Fsp3) is 0.185. The van der Waals surface area contributed by atoms with Crippen LogP contribution in [0.15, 0.2) is 64.7 Å². The molecule has 188 valence electrons. The normalized spacial score (nSPS) is 13.9. The third-order valence-corrected chi connectivity index (χ3v) is 5.66. The number of furan rings is 1. The molecule has 1 fully saturated rings. The van der Waals surface area contributed by atoms with E-state index < -0.39 is 17.9 Å². The summed E-state index contributed by atoms with van der Waals surface area (Å²) in [6.45, 7) is -0.0168. The fourth-order valence-electron chi connectivity index (χ4n) is 3.66. The molecule has 2 aromatic carbocycles. The molecule has 1 aliphatic rings. The van der Waals surface area contributed by atoms with Crippen LogP contribution < -0.4 is 15.0 Å². The Hall–Kier alpha value is -5.04. The highest BCUT2D eigenvalue weighted by Gasteiger charge is 2.34. The van der Waals surface area contributed by atoms with Crippen LogP contribution in [-0.4, -0.2) is 44.0 Å². The summed E-state index contributed by atoms with van der Waals surface area (Å²) in [5.74, 6) is -0.518. The second-order valence-electron chi connectivity index (χ2n) is 8.31. The van der Waals surface area contributed by atoms with Crippen LogP contribution in [0.25, 0.3) is 6.08 Å². The van der Waals surface area contributed by atoms with Gasteiger partial charge in [0.15, 0.2) is 0 Å². The molecule has 0 saturated carbocycles. The molecule has 3 amide bonds. The highest BCUT2D eigenvalue weighted by molar-refractivity contribution is 6.14. The van der Waals surface area contributed by atoms with Gasteiger partial charge < -0.3 is 24.1 Å². The number of carbonyl (C=O) groups excluding carboxylic acids is 3. The molecule has 1 aromatic heterocycles. The molecule has 0 radical (unpaired) electrons. The minimum Gasteiger partial charge on any atom is -0.488 e. The summed E-state index contributed by atoms with van der Waals surface area (Å²) in [4.78, 5) is 40.1. The third-order valence-electron chi connectivity index (χ3n) is 5.66. The summed E-state index contributed by atoms with van der Waals surface area (Å²) < 4.78 is 16.1. The largest absolute Gasteiger partial charge is 0.488 e. The topological polar surface area (TPSA) is 125 Å². The number of nitrogens with one attached hydrogen (secondary N) is 1. The molecule has 37 heavy (non-hydrogen) atoms. The molecule has 3 aromatic rings. The van der Waals surface area contributed by atoms with Crippen molar-refractivity contribution in [1.82, 2.24) is 10.2 Å². The zero-order chi connectivity index (χ0) is 26.5. The molecular formula is C27H24N4O6. The maximum atomic E-state index is 13.0. The summed E-state index contributed by atoms with van der Waals surface area (Å²) in [5.41, 5.74) is 2.72. The quantitative estimate of drug-likeness (QED) is 0.282. The Bertz CT molecular complexity index is 1430. The van der Waals surface area contributed by atoms with E-state index >= 15 is 0 Å². The number of rotatable bonds is 8. The summed E-state index contributed by atoms with van der Waals surface area (Å²) in [7, 11) is 5.01. The Morgan fingerprint density at radius 3 is 2.68 bits per heavy atom. The van der Waals surface area contributed by atoms with E-state index in [4.69, 9.17) is 9.15 Å². The fourth-order valence-corrected chi connectivity index (χ4v) is 3.66. The number of carbonyl (C=O) groups is 3. The van der Waals surface area contributed by atoms with E-state index in [2.05, 4.69) is 16.1 Å². The Morgan fingerprint density at radius 2 is 1.95 bits per heavy atom. The lowest BCUT2D eigenvalue weighted by Crippen LogP contribution is -2.30. The van der Waals surface area contributed by atoms with Crippen LogP contribution >= 0.6 is 0 Å². The number of esters is 1. The number of nitrogens with zero attached hydrogens (tertiary/aromatic N) is 3. The van der Waals surface area contributed by atoms with Crippen molar-refractivity contribution in [3.05, 3.63) is 88.5 Å². The maximum absolute atomic E-state index is 13.0. The van der Waals surface area contributed by atoms with Crippen LogP contribution in [0, 0.1) is 11.3 Å². The minimum absolute atomic E-state index is 0.0268. The zero-order valence-corrected chi connectivity index (χ0v) is 20.5. The molecule has 2 heterocycles. The molecule has 1 aliphatic heterocycles. The van der Waals surface area contributed by atoms with Crippen LogP contribution in [-0.2, 0) is 22.7 Å². The number of amides is 3. The number of benzene rings is 2. The van der Waals surface area contributed by atoms with Gasteiger partial charge in [0.1, 0.15) is 23.8 Å². The number of ether oxygens (including phenoxy) is 2. The molecular weight excluding hydrogens is 476 g/mol. The van der Waals surface area contributed by atoms with Gasteiger partial charge in [-0.3, -0.25) is 9.69 Å². The molecule has 4 rings (SSSR count). The van der Waals surface area contributed by atoms with Crippen LogP contribution in [0.1, 0.15) is 33.0 Å². The first-order valence-electron chi connectivity index (χ1n) is 11.2. The van der Waals surface area contributed by atoms with E-state index in [1.165, 1.54) is 25.3 Å². The van der Waals surface area contributed by atoms with E-state index in [0.717, 1.165) is 16.2 Å². The summed E-state index contributed by atoms with van der Waals surface area (Å²) >= 11 is 0. The lowest BCUT2D eigenvalue weighted by Gasteiger charge is -2.17. The van der Waals surface area contributed by atoms with Gasteiger partial charge in [-0.15, -0.1) is 0 Å². The monoisotopic (exact) mass is 500 g/mol. The number of nitriles is 1. The van der Waals surface area contributed by atoms with Crippen molar-refractivity contribution in [3.8, 4) is 11.8 Å². The smallest absolute Gasteiger partial charge is 0.373 e. The molecule has 1 N–H and O–H groups in total. The maximum Gasteiger partial charge on any atom is 0.373 e. The minimum atomic E-state index is -0.657. The second-order valence-corrected chi connectivity index (χ2v) is 8.31. The highest BCUT2D eigenvalue weighted by atomic mass is 16.5. The summed E-state index contributed by atoms with van der Waals surface area (Å²) in [6.07, 6.45) is 1.53. The number of imide groups is 1. The summed E-state index contributed by atoms with van der Waals surface area (Å²) in [6, 6.07) is 17.0. The van der Waals surface area contributed by atoms with E-state index in [0.29, 0.717) is 16.9 Å². The first kappa shape index (κ1) is 25.1. The van der Waals surface area contributed by atoms with Crippen molar-refractivity contribution < 1.29 is 28.3 Å². The van der Waals surface area contributed by atoms with Crippen LogP contribution in [0.3, 0.4) is 0 Å². The van der Waals surface area contributed by atoms with Crippen LogP contribution in [0.4, 0.5) is 10.5 Å². The van der Waals surface area contributed by atoms with Gasteiger partial charge in [-0.25, -0.2) is 9.59 Å². The SMILES string of the molecule is COC(=O)c1ccc(CN2C(=O)N/C(=C\c3ccc(N(C)C)cc3OCc3ccccc3C#N)C2=O)o1. The van der Waals surface area contributed by atoms with Crippen molar-refractivity contribution >= 4 is 29.7 Å². The van der Waals surface area contributed by atoms with E-state index in [-0.39, 0.29) is 30.4 Å².